The standard InChI is InChI=1S/C20H17F2NO2/c1-2-3-4-5-17(21)13-6-8-14(9-7-13)18-16(20(24)25)11-10-15(12-23)19(18)22/h5-11H,2-4H2,1H3,(H,24,25)/b17-5+. The van der Waals surface area contributed by atoms with Crippen LogP contribution in [0, 0.1) is 17.1 Å². The van der Waals surface area contributed by atoms with Crippen LogP contribution in [0.3, 0.4) is 0 Å². The van der Waals surface area contributed by atoms with Crippen LogP contribution >= 0.6 is 0 Å². The minimum absolute atomic E-state index is 0.173. The molecule has 0 spiro atoms. The third-order valence-corrected chi connectivity index (χ3v) is 3.82. The van der Waals surface area contributed by atoms with E-state index >= 15 is 0 Å². The van der Waals surface area contributed by atoms with Gasteiger partial charge in [0.25, 0.3) is 0 Å². The lowest BCUT2D eigenvalue weighted by molar-refractivity contribution is 0.0697. The van der Waals surface area contributed by atoms with E-state index in [1.54, 1.807) is 6.07 Å². The quantitative estimate of drug-likeness (QED) is 0.699. The van der Waals surface area contributed by atoms with Gasteiger partial charge in [-0.2, -0.15) is 5.26 Å². The summed E-state index contributed by atoms with van der Waals surface area (Å²) >= 11 is 0. The Kier molecular flexibility index (Phi) is 6.02. The van der Waals surface area contributed by atoms with Gasteiger partial charge in [0.05, 0.1) is 11.1 Å². The normalized spacial score (nSPS) is 11.2. The zero-order valence-electron chi connectivity index (χ0n) is 13.7. The van der Waals surface area contributed by atoms with Crippen LogP contribution in [0.2, 0.25) is 0 Å². The number of carboxylic acid groups (broad SMARTS) is 1. The number of benzene rings is 2. The highest BCUT2D eigenvalue weighted by atomic mass is 19.1. The minimum atomic E-state index is -1.30. The van der Waals surface area contributed by atoms with Crippen molar-refractivity contribution in [3.8, 4) is 17.2 Å². The number of nitrogens with zero attached hydrogens (tertiary/aromatic N) is 1. The predicted octanol–water partition coefficient (Wildman–Crippen LogP) is 5.56. The average molecular weight is 341 g/mol. The molecule has 2 aromatic carbocycles. The molecule has 0 amide bonds. The maximum Gasteiger partial charge on any atom is 0.336 e. The van der Waals surface area contributed by atoms with Gasteiger partial charge in [-0.3, -0.25) is 0 Å². The second-order valence-corrected chi connectivity index (χ2v) is 5.54. The molecule has 0 aromatic heterocycles. The van der Waals surface area contributed by atoms with Crippen LogP contribution in [0.1, 0.15) is 47.7 Å². The van der Waals surface area contributed by atoms with Gasteiger partial charge in [0.1, 0.15) is 17.7 Å². The Morgan fingerprint density at radius 2 is 1.92 bits per heavy atom. The fraction of sp³-hybridized carbons (Fsp3) is 0.200. The average Bonchev–Trinajstić information content (AvgIpc) is 2.61. The first kappa shape index (κ1) is 18.3. The summed E-state index contributed by atoms with van der Waals surface area (Å²) in [6, 6.07) is 9.86. The highest BCUT2D eigenvalue weighted by Crippen LogP contribution is 2.30. The van der Waals surface area contributed by atoms with Crippen molar-refractivity contribution in [2.75, 3.05) is 0 Å². The van der Waals surface area contributed by atoms with E-state index in [4.69, 9.17) is 5.26 Å². The van der Waals surface area contributed by atoms with Crippen LogP contribution < -0.4 is 0 Å². The number of nitriles is 1. The Labute approximate surface area is 144 Å². The Bertz CT molecular complexity index is 849. The largest absolute Gasteiger partial charge is 0.478 e. The molecule has 2 rings (SSSR count). The molecular formula is C20H17F2NO2. The van der Waals surface area contributed by atoms with Crippen LogP contribution in [0.4, 0.5) is 8.78 Å². The SMILES string of the molecule is CCCC/C=C(/F)c1ccc(-c2c(C(=O)O)ccc(C#N)c2F)cc1. The van der Waals surface area contributed by atoms with Crippen molar-refractivity contribution in [2.24, 2.45) is 0 Å². The van der Waals surface area contributed by atoms with Gasteiger partial charge in [0.15, 0.2) is 0 Å². The van der Waals surface area contributed by atoms with Crippen LogP contribution in [-0.2, 0) is 0 Å². The second kappa shape index (κ2) is 8.20. The van der Waals surface area contributed by atoms with Gasteiger partial charge in [-0.1, -0.05) is 37.6 Å². The van der Waals surface area contributed by atoms with Gasteiger partial charge in [-0.15, -0.1) is 0 Å². The molecule has 2 aromatic rings. The summed E-state index contributed by atoms with van der Waals surface area (Å²) in [5, 5.41) is 18.2. The van der Waals surface area contributed by atoms with Crippen LogP contribution in [0.5, 0.6) is 0 Å². The molecule has 0 aliphatic carbocycles. The minimum Gasteiger partial charge on any atom is -0.478 e. The van der Waals surface area contributed by atoms with Crippen molar-refractivity contribution in [1.29, 1.82) is 5.26 Å². The number of carboxylic acids is 1. The third-order valence-electron chi connectivity index (χ3n) is 3.82. The van der Waals surface area contributed by atoms with Gasteiger partial charge >= 0.3 is 5.97 Å². The van der Waals surface area contributed by atoms with Crippen LogP contribution in [0.15, 0.2) is 42.5 Å². The molecule has 0 aliphatic heterocycles. The van der Waals surface area contributed by atoms with Gasteiger partial charge in [-0.25, -0.2) is 13.6 Å². The van der Waals surface area contributed by atoms with E-state index in [1.807, 2.05) is 6.92 Å². The van der Waals surface area contributed by atoms with Crippen molar-refractivity contribution in [2.45, 2.75) is 26.2 Å². The van der Waals surface area contributed by atoms with E-state index in [-0.39, 0.29) is 28.1 Å². The fourth-order valence-corrected chi connectivity index (χ4v) is 2.47. The van der Waals surface area contributed by atoms with E-state index in [0.29, 0.717) is 12.0 Å². The Morgan fingerprint density at radius 3 is 2.48 bits per heavy atom. The van der Waals surface area contributed by atoms with Crippen molar-refractivity contribution in [1.82, 2.24) is 0 Å². The van der Waals surface area contributed by atoms with Gasteiger partial charge in [0.2, 0.25) is 0 Å². The lowest BCUT2D eigenvalue weighted by Crippen LogP contribution is -2.03. The Balaban J connectivity index is 2.45. The number of halogens is 2. The number of carbonyl (C=O) groups is 1. The van der Waals surface area contributed by atoms with E-state index in [0.717, 1.165) is 18.9 Å². The lowest BCUT2D eigenvalue weighted by atomic mass is 9.95. The van der Waals surface area contributed by atoms with Crippen molar-refractivity contribution >= 4 is 11.8 Å². The predicted molar refractivity (Wildman–Crippen MR) is 92.1 cm³/mol. The maximum absolute atomic E-state index is 14.5. The topological polar surface area (TPSA) is 61.1 Å². The van der Waals surface area contributed by atoms with Crippen molar-refractivity contribution in [3.63, 3.8) is 0 Å². The molecule has 25 heavy (non-hydrogen) atoms. The molecule has 0 atom stereocenters. The summed E-state index contributed by atoms with van der Waals surface area (Å²) in [6.07, 6.45) is 3.99. The molecule has 1 N–H and O–H groups in total. The number of hydrogen-bond acceptors (Lipinski definition) is 2. The Morgan fingerprint density at radius 1 is 1.24 bits per heavy atom. The second-order valence-electron chi connectivity index (χ2n) is 5.54. The number of aromatic carboxylic acids is 1. The van der Waals surface area contributed by atoms with Crippen LogP contribution in [-0.4, -0.2) is 11.1 Å². The lowest BCUT2D eigenvalue weighted by Gasteiger charge is -2.10. The molecule has 0 saturated heterocycles. The van der Waals surface area contributed by atoms with Gasteiger partial charge < -0.3 is 5.11 Å². The zero-order valence-corrected chi connectivity index (χ0v) is 13.7. The van der Waals surface area contributed by atoms with E-state index in [1.165, 1.54) is 36.4 Å². The van der Waals surface area contributed by atoms with Gasteiger partial charge in [-0.05, 0) is 36.6 Å². The van der Waals surface area contributed by atoms with E-state index in [2.05, 4.69) is 0 Å². The molecule has 5 heteroatoms. The Hall–Kier alpha value is -3.00. The van der Waals surface area contributed by atoms with Crippen molar-refractivity contribution < 1.29 is 18.7 Å². The first-order valence-corrected chi connectivity index (χ1v) is 7.92. The van der Waals surface area contributed by atoms with E-state index in [9.17, 15) is 18.7 Å². The smallest absolute Gasteiger partial charge is 0.336 e. The number of hydrogen-bond donors (Lipinski definition) is 1. The fourth-order valence-electron chi connectivity index (χ4n) is 2.47. The van der Waals surface area contributed by atoms with E-state index < -0.39 is 11.8 Å². The highest BCUT2D eigenvalue weighted by Gasteiger charge is 2.19. The number of unbranched alkanes of at least 4 members (excludes halogenated alkanes) is 2. The molecule has 0 bridgehead atoms. The molecule has 0 aliphatic rings. The number of rotatable bonds is 6. The summed E-state index contributed by atoms with van der Waals surface area (Å²) in [6.45, 7) is 2.02. The molecule has 0 fully saturated rings. The summed E-state index contributed by atoms with van der Waals surface area (Å²) < 4.78 is 28.5. The maximum atomic E-state index is 14.5. The summed E-state index contributed by atoms with van der Waals surface area (Å²) in [5.74, 6) is -2.56. The third kappa shape index (κ3) is 4.10. The molecule has 3 nitrogen and oxygen atoms in total. The highest BCUT2D eigenvalue weighted by molar-refractivity contribution is 5.96. The summed E-state index contributed by atoms with van der Waals surface area (Å²) in [4.78, 5) is 11.4. The monoisotopic (exact) mass is 341 g/mol. The zero-order chi connectivity index (χ0) is 18.4. The first-order valence-electron chi connectivity index (χ1n) is 7.92. The molecule has 0 saturated carbocycles. The molecular weight excluding hydrogens is 324 g/mol. The molecule has 0 radical (unpaired) electrons. The van der Waals surface area contributed by atoms with Crippen LogP contribution in [0.25, 0.3) is 17.0 Å². The first-order chi connectivity index (χ1) is 12.0. The molecule has 0 unspecified atom stereocenters. The summed E-state index contributed by atoms with van der Waals surface area (Å²) in [5.41, 5.74) is -0.0444. The van der Waals surface area contributed by atoms with Gasteiger partial charge in [0, 0.05) is 11.1 Å². The molecule has 128 valence electrons. The number of allylic oxidation sites excluding steroid dienone is 1. The summed E-state index contributed by atoms with van der Waals surface area (Å²) in [7, 11) is 0. The van der Waals surface area contributed by atoms with Crippen molar-refractivity contribution in [3.05, 3.63) is 65.0 Å². The molecule has 0 heterocycles.